The average Bonchev–Trinajstić information content (AvgIpc) is 2.81. The molecule has 6 heteroatoms. The zero-order valence-corrected chi connectivity index (χ0v) is 25.0. The van der Waals surface area contributed by atoms with Crippen molar-refractivity contribution in [2.45, 2.75) is 0 Å². The van der Waals surface area contributed by atoms with Crippen LogP contribution in [0.2, 0.25) is 0 Å². The quantitative estimate of drug-likeness (QED) is 0.222. The Morgan fingerprint density at radius 1 is 0.400 bits per heavy atom. The van der Waals surface area contributed by atoms with E-state index in [-0.39, 0.29) is 80.8 Å². The summed E-state index contributed by atoms with van der Waals surface area (Å²) in [5, 5.41) is 5.71. The van der Waals surface area contributed by atoms with E-state index in [1.807, 2.05) is 0 Å². The first kappa shape index (κ1) is 25.0. The summed E-state index contributed by atoms with van der Waals surface area (Å²) in [7, 11) is 0. The van der Waals surface area contributed by atoms with E-state index in [1.165, 1.54) is 21.2 Å². The van der Waals surface area contributed by atoms with Crippen LogP contribution in [0.15, 0.2) is 121 Å². The first-order chi connectivity index (χ1) is 14.4. The molecule has 0 amide bonds. The summed E-state index contributed by atoms with van der Waals surface area (Å²) in [6.45, 7) is -0.795. The molecular formula is C24H20KNP2Se2. The Morgan fingerprint density at radius 2 is 0.633 bits per heavy atom. The summed E-state index contributed by atoms with van der Waals surface area (Å²) >= 11 is 0.449. The van der Waals surface area contributed by atoms with Crippen molar-refractivity contribution in [2.75, 3.05) is 0 Å². The molecule has 4 aromatic carbocycles. The van der Waals surface area contributed by atoms with Crippen LogP contribution < -0.4 is 72.6 Å². The van der Waals surface area contributed by atoms with Gasteiger partial charge in [-0.3, -0.25) is 0 Å². The molecule has 0 spiro atoms. The van der Waals surface area contributed by atoms with Gasteiger partial charge in [0.05, 0.1) is 0 Å². The van der Waals surface area contributed by atoms with Crippen LogP contribution in [0.25, 0.3) is 3.35 Å². The van der Waals surface area contributed by atoms with Gasteiger partial charge in [-0.05, 0) is 0 Å². The number of rotatable bonds is 8. The Kier molecular flexibility index (Phi) is 11.5. The molecule has 30 heavy (non-hydrogen) atoms. The second-order valence-electron chi connectivity index (χ2n) is 6.17. The minimum absolute atomic E-state index is 0. The Balaban J connectivity index is 0.00000256. The molecule has 0 aliphatic rings. The zero-order valence-electron chi connectivity index (χ0n) is 16.7. The maximum atomic E-state index is 5.26. The molecule has 0 unspecified atom stereocenters. The van der Waals surface area contributed by atoms with Crippen molar-refractivity contribution in [1.82, 2.24) is 0 Å². The molecule has 0 saturated heterocycles. The van der Waals surface area contributed by atoms with Crippen LogP contribution in [0.4, 0.5) is 0 Å². The van der Waals surface area contributed by atoms with Gasteiger partial charge in [-0.25, -0.2) is 0 Å². The van der Waals surface area contributed by atoms with Gasteiger partial charge in [-0.15, -0.1) is 0 Å². The fraction of sp³-hybridized carbons (Fsp3) is 0. The average molecular weight is 581 g/mol. The number of hydrogen-bond donors (Lipinski definition) is 0. The fourth-order valence-electron chi connectivity index (χ4n) is 2.82. The summed E-state index contributed by atoms with van der Waals surface area (Å²) in [6.07, 6.45) is 0. The zero-order chi connectivity index (χ0) is 19.7. The van der Waals surface area contributed by atoms with Gasteiger partial charge in [-0.1, -0.05) is 0 Å². The van der Waals surface area contributed by atoms with Crippen LogP contribution in [0.1, 0.15) is 0 Å². The van der Waals surface area contributed by atoms with Crippen LogP contribution in [0.3, 0.4) is 0 Å². The molecule has 0 radical (unpaired) electrons. The first-order valence-electron chi connectivity index (χ1n) is 9.27. The molecule has 0 saturated carbocycles. The van der Waals surface area contributed by atoms with E-state index in [9.17, 15) is 0 Å². The van der Waals surface area contributed by atoms with E-state index >= 15 is 0 Å². The summed E-state index contributed by atoms with van der Waals surface area (Å²) in [6, 6.07) is 43.7. The molecule has 0 aliphatic carbocycles. The van der Waals surface area contributed by atoms with Gasteiger partial charge in [0.15, 0.2) is 0 Å². The van der Waals surface area contributed by atoms with E-state index in [0.717, 1.165) is 0 Å². The summed E-state index contributed by atoms with van der Waals surface area (Å²) in [5.74, 6) is 0. The molecule has 0 heterocycles. The topological polar surface area (TPSA) is 14.1 Å². The van der Waals surface area contributed by atoms with Crippen LogP contribution >= 0.6 is 13.2 Å². The molecule has 0 bridgehead atoms. The van der Waals surface area contributed by atoms with Crippen molar-refractivity contribution in [3.05, 3.63) is 125 Å². The van der Waals surface area contributed by atoms with E-state index in [4.69, 9.17) is 3.35 Å². The number of hydrogen-bond acceptors (Lipinski definition) is 0. The van der Waals surface area contributed by atoms with Gasteiger partial charge < -0.3 is 0 Å². The maximum absolute atomic E-state index is 5.26. The Labute approximate surface area is 236 Å². The van der Waals surface area contributed by atoms with Crippen LogP contribution in [-0.2, 0) is 0 Å². The van der Waals surface area contributed by atoms with Crippen molar-refractivity contribution in [1.29, 1.82) is 0 Å². The molecule has 0 aromatic heterocycles. The predicted octanol–water partition coefficient (Wildman–Crippen LogP) is 1.70. The Morgan fingerprint density at radius 3 is 0.867 bits per heavy atom. The van der Waals surface area contributed by atoms with Gasteiger partial charge in [0.2, 0.25) is 0 Å². The Bertz CT molecular complexity index is 831. The third-order valence-corrected chi connectivity index (χ3v) is 20.3. The molecule has 0 fully saturated rings. The van der Waals surface area contributed by atoms with Gasteiger partial charge in [-0.2, -0.15) is 0 Å². The van der Waals surface area contributed by atoms with Crippen LogP contribution in [0, 0.1) is 0 Å². The van der Waals surface area contributed by atoms with Crippen molar-refractivity contribution in [3.63, 3.8) is 0 Å². The molecule has 4 rings (SSSR count). The minimum atomic E-state index is -0.398. The summed E-state index contributed by atoms with van der Waals surface area (Å²) in [4.78, 5) is 0. The third-order valence-electron chi connectivity index (χ3n) is 4.19. The van der Waals surface area contributed by atoms with Crippen LogP contribution in [-0.4, -0.2) is 29.5 Å². The molecule has 0 aliphatic heterocycles. The van der Waals surface area contributed by atoms with Crippen LogP contribution in [0.5, 0.6) is 0 Å². The van der Waals surface area contributed by atoms with E-state index < -0.39 is 13.2 Å². The number of nitrogens with zero attached hydrogens (tertiary/aromatic N) is 1. The normalized spacial score (nSPS) is 10.7. The molecular weight excluding hydrogens is 561 g/mol. The third kappa shape index (κ3) is 7.19. The molecule has 4 aromatic rings. The monoisotopic (exact) mass is 583 g/mol. The van der Waals surface area contributed by atoms with Crippen molar-refractivity contribution in [2.24, 2.45) is 0 Å². The molecule has 1 nitrogen and oxygen atoms in total. The van der Waals surface area contributed by atoms with Crippen molar-refractivity contribution in [3.8, 4) is 0 Å². The van der Waals surface area contributed by atoms with Gasteiger partial charge in [0, 0.05) is 0 Å². The van der Waals surface area contributed by atoms with E-state index in [1.54, 1.807) is 0 Å². The molecule has 144 valence electrons. The fourth-order valence-corrected chi connectivity index (χ4v) is 19.9. The molecule has 0 atom stereocenters. The second kappa shape index (κ2) is 13.8. The van der Waals surface area contributed by atoms with Crippen molar-refractivity contribution >= 4 is 63.9 Å². The van der Waals surface area contributed by atoms with Crippen molar-refractivity contribution < 1.29 is 51.4 Å². The van der Waals surface area contributed by atoms with Gasteiger partial charge in [0.25, 0.3) is 0 Å². The summed E-state index contributed by atoms with van der Waals surface area (Å²) in [5.41, 5.74) is 0. The van der Waals surface area contributed by atoms with Gasteiger partial charge >= 0.3 is 240 Å². The Hall–Kier alpha value is 0.375. The summed E-state index contributed by atoms with van der Waals surface area (Å²) < 4.78 is 5.26. The standard InChI is InChI=1S/C24H20NP2Se2.K/c1-5-13-21(14-6-1)26(22-15-7-2-8-16-22)28-25-29-27(23-17-9-3-10-18-23)24-19-11-4-12-20-24;/h1-20H;/q-1;+1. The van der Waals surface area contributed by atoms with E-state index in [0.29, 0.717) is 0 Å². The second-order valence-corrected chi connectivity index (χ2v) is 18.3. The molecule has 0 N–H and O–H groups in total. The predicted molar refractivity (Wildman–Crippen MR) is 133 cm³/mol. The van der Waals surface area contributed by atoms with E-state index in [2.05, 4.69) is 121 Å². The van der Waals surface area contributed by atoms with Gasteiger partial charge in [0.1, 0.15) is 0 Å². The SMILES string of the molecule is [K+].c1ccc(P([Se][N-][Se]P(c2ccccc2)c2ccccc2)c2ccccc2)cc1. The number of benzene rings is 4. The first-order valence-corrected chi connectivity index (χ1v) is 17.9.